The molecule has 4 aromatic heterocycles. The SMILES string of the molecule is Cc1cc(Nc2ncnn3ccc(C4CCN(C(=O)C(C)C(=O)O)CC4)c23)ccc1Oc1ccn2ncnc2c1. The lowest BCUT2D eigenvalue weighted by Gasteiger charge is -2.33. The van der Waals surface area contributed by atoms with Crippen LogP contribution < -0.4 is 10.1 Å². The first-order valence-corrected chi connectivity index (χ1v) is 13.1. The molecule has 0 bridgehead atoms. The van der Waals surface area contributed by atoms with Crippen LogP contribution in [0.5, 0.6) is 11.5 Å². The summed E-state index contributed by atoms with van der Waals surface area (Å²) < 4.78 is 9.58. The number of aliphatic carboxylic acids is 1. The van der Waals surface area contributed by atoms with Crippen molar-refractivity contribution in [2.24, 2.45) is 5.92 Å². The molecule has 5 aromatic rings. The zero-order valence-electron chi connectivity index (χ0n) is 22.1. The fourth-order valence-electron chi connectivity index (χ4n) is 5.16. The van der Waals surface area contributed by atoms with Crippen LogP contribution in [0, 0.1) is 12.8 Å². The molecule has 1 aliphatic rings. The van der Waals surface area contributed by atoms with Crippen molar-refractivity contribution in [2.75, 3.05) is 18.4 Å². The van der Waals surface area contributed by atoms with Gasteiger partial charge in [-0.25, -0.2) is 19.0 Å². The van der Waals surface area contributed by atoms with Gasteiger partial charge in [0.25, 0.3) is 0 Å². The normalized spacial score (nSPS) is 14.9. The number of carboxylic acid groups (broad SMARTS) is 1. The third kappa shape index (κ3) is 4.79. The molecule has 1 atom stereocenters. The number of benzene rings is 1. The number of carbonyl (C=O) groups is 2. The molecule has 12 heteroatoms. The highest BCUT2D eigenvalue weighted by atomic mass is 16.5. The van der Waals surface area contributed by atoms with E-state index in [0.717, 1.165) is 40.9 Å². The van der Waals surface area contributed by atoms with E-state index in [1.165, 1.54) is 19.6 Å². The van der Waals surface area contributed by atoms with Gasteiger partial charge in [0.05, 0.1) is 0 Å². The second-order valence-electron chi connectivity index (χ2n) is 9.96. The van der Waals surface area contributed by atoms with Crippen LogP contribution in [0.4, 0.5) is 11.5 Å². The monoisotopic (exact) mass is 540 g/mol. The molecule has 2 N–H and O–H groups in total. The Morgan fingerprint density at radius 1 is 1.02 bits per heavy atom. The fraction of sp³-hybridized carbons (Fsp3) is 0.286. The molecular weight excluding hydrogens is 512 g/mol. The number of anilines is 2. The van der Waals surface area contributed by atoms with Gasteiger partial charge in [-0.15, -0.1) is 0 Å². The molecule has 1 aliphatic heterocycles. The van der Waals surface area contributed by atoms with Crippen LogP contribution in [-0.4, -0.2) is 64.2 Å². The van der Waals surface area contributed by atoms with E-state index in [0.29, 0.717) is 30.3 Å². The van der Waals surface area contributed by atoms with E-state index in [4.69, 9.17) is 4.74 Å². The Bertz CT molecular complexity index is 1720. The van der Waals surface area contributed by atoms with Gasteiger partial charge < -0.3 is 20.1 Å². The molecule has 40 heavy (non-hydrogen) atoms. The van der Waals surface area contributed by atoms with Crippen LogP contribution in [0.15, 0.2) is 61.4 Å². The van der Waals surface area contributed by atoms with Gasteiger partial charge in [0.15, 0.2) is 11.5 Å². The number of rotatable bonds is 7. The smallest absolute Gasteiger partial charge is 0.315 e. The van der Waals surface area contributed by atoms with Crippen molar-refractivity contribution in [1.29, 1.82) is 0 Å². The fourth-order valence-corrected chi connectivity index (χ4v) is 5.16. The van der Waals surface area contributed by atoms with Gasteiger partial charge in [0.1, 0.15) is 35.6 Å². The minimum atomic E-state index is -1.10. The molecule has 1 unspecified atom stereocenters. The van der Waals surface area contributed by atoms with E-state index in [9.17, 15) is 14.7 Å². The van der Waals surface area contributed by atoms with Gasteiger partial charge >= 0.3 is 5.97 Å². The lowest BCUT2D eigenvalue weighted by atomic mass is 9.89. The minimum Gasteiger partial charge on any atom is -0.481 e. The molecule has 1 amide bonds. The number of nitrogens with one attached hydrogen (secondary N) is 1. The van der Waals surface area contributed by atoms with E-state index in [1.807, 2.05) is 49.5 Å². The lowest BCUT2D eigenvalue weighted by molar-refractivity contribution is -0.150. The number of aryl methyl sites for hydroxylation is 1. The summed E-state index contributed by atoms with van der Waals surface area (Å²) in [4.78, 5) is 34.1. The van der Waals surface area contributed by atoms with E-state index in [2.05, 4.69) is 25.5 Å². The molecule has 0 spiro atoms. The van der Waals surface area contributed by atoms with Gasteiger partial charge in [-0.2, -0.15) is 10.2 Å². The number of amides is 1. The molecule has 0 radical (unpaired) electrons. The number of ether oxygens (including phenoxy) is 1. The molecule has 1 saturated heterocycles. The quantitative estimate of drug-likeness (QED) is 0.293. The molecule has 1 aromatic carbocycles. The Labute approximate surface area is 229 Å². The van der Waals surface area contributed by atoms with Crippen molar-refractivity contribution in [2.45, 2.75) is 32.6 Å². The number of carbonyl (C=O) groups excluding carboxylic acids is 1. The van der Waals surface area contributed by atoms with Gasteiger partial charge in [-0.3, -0.25) is 9.59 Å². The number of hydrogen-bond donors (Lipinski definition) is 2. The molecule has 204 valence electrons. The third-order valence-corrected chi connectivity index (χ3v) is 7.39. The van der Waals surface area contributed by atoms with Crippen LogP contribution in [0.25, 0.3) is 11.2 Å². The summed E-state index contributed by atoms with van der Waals surface area (Å²) in [5, 5.41) is 21.1. The van der Waals surface area contributed by atoms with E-state index in [1.54, 1.807) is 20.1 Å². The predicted octanol–water partition coefficient (Wildman–Crippen LogP) is 4.04. The Morgan fingerprint density at radius 3 is 2.55 bits per heavy atom. The first-order valence-electron chi connectivity index (χ1n) is 13.1. The standard InChI is InChI=1S/C28H28N8O4/c1-17-13-20(3-4-23(17)40-21-7-11-35-24(14-21)29-15-31-35)33-26-25-22(8-12-36(25)32-16-30-26)19-5-9-34(10-6-19)27(37)18(2)28(38)39/h3-4,7-8,11-16,18-19H,5-6,9-10H2,1-2H3,(H,38,39)(H,30,32,33). The zero-order chi connectivity index (χ0) is 27.8. The second-order valence-corrected chi connectivity index (χ2v) is 9.96. The topological polar surface area (TPSA) is 139 Å². The minimum absolute atomic E-state index is 0.195. The maximum absolute atomic E-state index is 12.5. The van der Waals surface area contributed by atoms with Crippen LogP contribution in [0.2, 0.25) is 0 Å². The summed E-state index contributed by atoms with van der Waals surface area (Å²) >= 11 is 0. The number of carboxylic acids is 1. The average Bonchev–Trinajstić information content (AvgIpc) is 3.61. The van der Waals surface area contributed by atoms with Gasteiger partial charge in [0.2, 0.25) is 5.91 Å². The summed E-state index contributed by atoms with van der Waals surface area (Å²) in [7, 11) is 0. The summed E-state index contributed by atoms with van der Waals surface area (Å²) in [5.74, 6) is -0.191. The number of pyridine rings is 1. The van der Waals surface area contributed by atoms with Crippen molar-refractivity contribution in [3.8, 4) is 11.5 Å². The molecule has 1 fully saturated rings. The van der Waals surface area contributed by atoms with Crippen LogP contribution in [0.3, 0.4) is 0 Å². The average molecular weight is 541 g/mol. The first-order chi connectivity index (χ1) is 19.4. The highest BCUT2D eigenvalue weighted by Crippen LogP contribution is 2.35. The number of hydrogen-bond acceptors (Lipinski definition) is 8. The Kier molecular flexibility index (Phi) is 6.50. The van der Waals surface area contributed by atoms with Crippen LogP contribution in [0.1, 0.15) is 36.8 Å². The number of fused-ring (bicyclic) bond motifs is 2. The van der Waals surface area contributed by atoms with E-state index < -0.39 is 11.9 Å². The van der Waals surface area contributed by atoms with Gasteiger partial charge in [-0.05, 0) is 74.1 Å². The Morgan fingerprint density at radius 2 is 1.77 bits per heavy atom. The van der Waals surface area contributed by atoms with E-state index >= 15 is 0 Å². The molecule has 0 saturated carbocycles. The lowest BCUT2D eigenvalue weighted by Crippen LogP contribution is -2.42. The third-order valence-electron chi connectivity index (χ3n) is 7.39. The van der Waals surface area contributed by atoms with Crippen LogP contribution >= 0.6 is 0 Å². The maximum Gasteiger partial charge on any atom is 0.315 e. The number of piperidine rings is 1. The number of nitrogens with zero attached hydrogens (tertiary/aromatic N) is 7. The molecule has 5 heterocycles. The van der Waals surface area contributed by atoms with Crippen LogP contribution in [-0.2, 0) is 9.59 Å². The van der Waals surface area contributed by atoms with Crippen molar-refractivity contribution >= 4 is 34.5 Å². The van der Waals surface area contributed by atoms with Crippen molar-refractivity contribution in [1.82, 2.24) is 34.1 Å². The summed E-state index contributed by atoms with van der Waals surface area (Å²) in [6.45, 7) is 4.44. The highest BCUT2D eigenvalue weighted by molar-refractivity contribution is 5.96. The Balaban J connectivity index is 1.19. The molecule has 6 rings (SSSR count). The van der Waals surface area contributed by atoms with Gasteiger partial charge in [0, 0.05) is 37.2 Å². The number of aromatic nitrogens is 6. The molecular formula is C28H28N8O4. The molecule has 0 aliphatic carbocycles. The summed E-state index contributed by atoms with van der Waals surface area (Å²) in [6.07, 6.45) is 8.19. The van der Waals surface area contributed by atoms with Gasteiger partial charge in [-0.1, -0.05) is 0 Å². The Hall–Kier alpha value is -5.00. The zero-order valence-corrected chi connectivity index (χ0v) is 22.1. The summed E-state index contributed by atoms with van der Waals surface area (Å²) in [5.41, 5.74) is 4.48. The van der Waals surface area contributed by atoms with E-state index in [-0.39, 0.29) is 11.8 Å². The molecule has 12 nitrogen and oxygen atoms in total. The largest absolute Gasteiger partial charge is 0.481 e. The van der Waals surface area contributed by atoms with Crippen molar-refractivity contribution < 1.29 is 19.4 Å². The number of likely N-dealkylation sites (tertiary alicyclic amines) is 1. The highest BCUT2D eigenvalue weighted by Gasteiger charge is 2.31. The van der Waals surface area contributed by atoms with Crippen molar-refractivity contribution in [3.05, 3.63) is 72.6 Å². The first kappa shape index (κ1) is 25.3. The predicted molar refractivity (Wildman–Crippen MR) is 146 cm³/mol. The maximum atomic E-state index is 12.5. The summed E-state index contributed by atoms with van der Waals surface area (Å²) in [6, 6.07) is 11.6. The van der Waals surface area contributed by atoms with Crippen molar-refractivity contribution in [3.63, 3.8) is 0 Å². The second kappa shape index (κ2) is 10.3.